The number of hydrogen-bond acceptors (Lipinski definition) is 3. The molecule has 2 aromatic rings. The number of hydrogen-bond donors (Lipinski definition) is 4. The first-order valence-electron chi connectivity index (χ1n) is 8.36. The molecule has 0 fully saturated rings. The van der Waals surface area contributed by atoms with Gasteiger partial charge in [0.05, 0.1) is 0 Å². The van der Waals surface area contributed by atoms with Crippen LogP contribution in [0.15, 0.2) is 53.0 Å². The highest BCUT2D eigenvalue weighted by Gasteiger charge is 2.05. The Morgan fingerprint density at radius 3 is 2.33 bits per heavy atom. The topological polar surface area (TPSA) is 99.3 Å². The van der Waals surface area contributed by atoms with Crippen molar-refractivity contribution in [1.82, 2.24) is 16.0 Å². The number of urea groups is 1. The zero-order valence-corrected chi connectivity index (χ0v) is 16.4. The van der Waals surface area contributed by atoms with Crippen molar-refractivity contribution in [2.45, 2.75) is 13.5 Å². The standard InChI is InChI=1S/C19H21BrN4O3/c1-13(25)24-17-4-2-3-14(11-17)12-23-19(27)22-10-9-21-18(26)15-5-7-16(20)8-6-15/h2-8,11H,9-10,12H2,1H3,(H,21,26)(H,24,25)(H2,22,23,27). The molecule has 0 bridgehead atoms. The molecule has 0 heterocycles. The third-order valence-corrected chi connectivity index (χ3v) is 4.03. The highest BCUT2D eigenvalue weighted by Crippen LogP contribution is 2.11. The summed E-state index contributed by atoms with van der Waals surface area (Å²) in [5.41, 5.74) is 2.10. The fourth-order valence-electron chi connectivity index (χ4n) is 2.26. The van der Waals surface area contributed by atoms with E-state index in [9.17, 15) is 14.4 Å². The molecule has 0 unspecified atom stereocenters. The van der Waals surface area contributed by atoms with Gasteiger partial charge in [-0.05, 0) is 42.0 Å². The van der Waals surface area contributed by atoms with E-state index in [1.54, 1.807) is 42.5 Å². The van der Waals surface area contributed by atoms with Crippen molar-refractivity contribution in [3.8, 4) is 0 Å². The summed E-state index contributed by atoms with van der Waals surface area (Å²) in [4.78, 5) is 34.8. The van der Waals surface area contributed by atoms with Gasteiger partial charge in [-0.3, -0.25) is 9.59 Å². The van der Waals surface area contributed by atoms with Crippen LogP contribution in [0.5, 0.6) is 0 Å². The molecule has 0 saturated heterocycles. The number of benzene rings is 2. The predicted molar refractivity (Wildman–Crippen MR) is 107 cm³/mol. The lowest BCUT2D eigenvalue weighted by molar-refractivity contribution is -0.114. The third-order valence-electron chi connectivity index (χ3n) is 3.50. The smallest absolute Gasteiger partial charge is 0.315 e. The molecule has 4 N–H and O–H groups in total. The Morgan fingerprint density at radius 1 is 0.926 bits per heavy atom. The van der Waals surface area contributed by atoms with Gasteiger partial charge in [0.25, 0.3) is 5.91 Å². The first kappa shape index (κ1) is 20.4. The fraction of sp³-hybridized carbons (Fsp3) is 0.211. The molecule has 0 saturated carbocycles. The molecule has 0 radical (unpaired) electrons. The average molecular weight is 433 g/mol. The van der Waals surface area contributed by atoms with Crippen molar-refractivity contribution < 1.29 is 14.4 Å². The van der Waals surface area contributed by atoms with Crippen LogP contribution >= 0.6 is 15.9 Å². The summed E-state index contributed by atoms with van der Waals surface area (Å²) in [6.45, 7) is 2.39. The zero-order chi connectivity index (χ0) is 19.6. The van der Waals surface area contributed by atoms with Gasteiger partial charge in [0.15, 0.2) is 0 Å². The van der Waals surface area contributed by atoms with Gasteiger partial charge >= 0.3 is 6.03 Å². The van der Waals surface area contributed by atoms with Gasteiger partial charge in [0.1, 0.15) is 0 Å². The highest BCUT2D eigenvalue weighted by atomic mass is 79.9. The first-order chi connectivity index (χ1) is 12.9. The monoisotopic (exact) mass is 432 g/mol. The van der Waals surface area contributed by atoms with E-state index in [1.807, 2.05) is 6.07 Å². The van der Waals surface area contributed by atoms with E-state index in [0.717, 1.165) is 10.0 Å². The SMILES string of the molecule is CC(=O)Nc1cccc(CNC(=O)NCCNC(=O)c2ccc(Br)cc2)c1. The summed E-state index contributed by atoms with van der Waals surface area (Å²) in [6, 6.07) is 13.9. The maximum atomic E-state index is 11.9. The second kappa shape index (κ2) is 10.3. The Hall–Kier alpha value is -2.87. The maximum Gasteiger partial charge on any atom is 0.315 e. The molecule has 0 atom stereocenters. The van der Waals surface area contributed by atoms with Crippen LogP contribution in [0.25, 0.3) is 0 Å². The number of halogens is 1. The minimum absolute atomic E-state index is 0.150. The van der Waals surface area contributed by atoms with Crippen molar-refractivity contribution in [2.75, 3.05) is 18.4 Å². The first-order valence-corrected chi connectivity index (χ1v) is 9.15. The van der Waals surface area contributed by atoms with Crippen LogP contribution in [0.1, 0.15) is 22.8 Å². The van der Waals surface area contributed by atoms with E-state index in [2.05, 4.69) is 37.2 Å². The van der Waals surface area contributed by atoms with Crippen LogP contribution in [0.3, 0.4) is 0 Å². The number of anilines is 1. The van der Waals surface area contributed by atoms with Crippen LogP contribution in [-0.4, -0.2) is 30.9 Å². The van der Waals surface area contributed by atoms with Crippen molar-refractivity contribution in [3.63, 3.8) is 0 Å². The maximum absolute atomic E-state index is 11.9. The molecular weight excluding hydrogens is 412 g/mol. The van der Waals surface area contributed by atoms with Gasteiger partial charge in [-0.25, -0.2) is 4.79 Å². The molecule has 0 aliphatic rings. The normalized spacial score (nSPS) is 10.0. The van der Waals surface area contributed by atoms with E-state index in [-0.39, 0.29) is 17.8 Å². The molecule has 0 aromatic heterocycles. The third kappa shape index (κ3) is 7.49. The van der Waals surface area contributed by atoms with Gasteiger partial charge in [-0.1, -0.05) is 28.1 Å². The average Bonchev–Trinajstić information content (AvgIpc) is 2.64. The Balaban J connectivity index is 1.67. The van der Waals surface area contributed by atoms with Gasteiger partial charge < -0.3 is 21.3 Å². The lowest BCUT2D eigenvalue weighted by atomic mass is 10.2. The van der Waals surface area contributed by atoms with Gasteiger partial charge in [-0.2, -0.15) is 0 Å². The fourth-order valence-corrected chi connectivity index (χ4v) is 2.53. The minimum Gasteiger partial charge on any atom is -0.350 e. The van der Waals surface area contributed by atoms with E-state index in [4.69, 9.17) is 0 Å². The van der Waals surface area contributed by atoms with Crippen LogP contribution < -0.4 is 21.3 Å². The van der Waals surface area contributed by atoms with Gasteiger partial charge in [0.2, 0.25) is 5.91 Å². The summed E-state index contributed by atoms with van der Waals surface area (Å²) in [6.07, 6.45) is 0. The van der Waals surface area contributed by atoms with Gasteiger partial charge in [-0.15, -0.1) is 0 Å². The number of carbonyl (C=O) groups is 3. The highest BCUT2D eigenvalue weighted by molar-refractivity contribution is 9.10. The Bertz CT molecular complexity index is 809. The molecule has 142 valence electrons. The van der Waals surface area contributed by atoms with Crippen LogP contribution in [-0.2, 0) is 11.3 Å². The second-order valence-corrected chi connectivity index (χ2v) is 6.67. The quantitative estimate of drug-likeness (QED) is 0.506. The largest absolute Gasteiger partial charge is 0.350 e. The molecule has 2 aromatic carbocycles. The molecular formula is C19H21BrN4O3. The Labute approximate surface area is 166 Å². The molecule has 0 spiro atoms. The second-order valence-electron chi connectivity index (χ2n) is 5.75. The lowest BCUT2D eigenvalue weighted by Crippen LogP contribution is -2.40. The number of amides is 4. The minimum atomic E-state index is -0.335. The van der Waals surface area contributed by atoms with E-state index in [1.165, 1.54) is 6.92 Å². The van der Waals surface area contributed by atoms with Crippen molar-refractivity contribution in [1.29, 1.82) is 0 Å². The molecule has 4 amide bonds. The summed E-state index contributed by atoms with van der Waals surface area (Å²) in [5.74, 6) is -0.345. The van der Waals surface area contributed by atoms with Crippen molar-refractivity contribution >= 4 is 39.5 Å². The summed E-state index contributed by atoms with van der Waals surface area (Å²) in [7, 11) is 0. The van der Waals surface area contributed by atoms with Crippen molar-refractivity contribution in [2.24, 2.45) is 0 Å². The zero-order valence-electron chi connectivity index (χ0n) is 14.8. The van der Waals surface area contributed by atoms with Crippen molar-refractivity contribution in [3.05, 3.63) is 64.1 Å². The molecule has 27 heavy (non-hydrogen) atoms. The van der Waals surface area contributed by atoms with Gasteiger partial charge in [0, 0.05) is 42.3 Å². The van der Waals surface area contributed by atoms with E-state index in [0.29, 0.717) is 30.9 Å². The summed E-state index contributed by atoms with van der Waals surface area (Å²) < 4.78 is 0.903. The Kier molecular flexibility index (Phi) is 7.81. The summed E-state index contributed by atoms with van der Waals surface area (Å²) >= 11 is 3.32. The van der Waals surface area contributed by atoms with Crippen LogP contribution in [0, 0.1) is 0 Å². The van der Waals surface area contributed by atoms with Crippen LogP contribution in [0.4, 0.5) is 10.5 Å². The summed E-state index contributed by atoms with van der Waals surface area (Å²) in [5, 5.41) is 10.8. The molecule has 0 aliphatic heterocycles. The van der Waals surface area contributed by atoms with Crippen LogP contribution in [0.2, 0.25) is 0 Å². The molecule has 2 rings (SSSR count). The lowest BCUT2D eigenvalue weighted by Gasteiger charge is -2.10. The predicted octanol–water partition coefficient (Wildman–Crippen LogP) is 2.64. The Morgan fingerprint density at radius 2 is 1.63 bits per heavy atom. The number of rotatable bonds is 7. The molecule has 8 heteroatoms. The van der Waals surface area contributed by atoms with E-state index < -0.39 is 0 Å². The number of carbonyl (C=O) groups excluding carboxylic acids is 3. The molecule has 0 aliphatic carbocycles. The molecule has 7 nitrogen and oxygen atoms in total. The van der Waals surface area contributed by atoms with E-state index >= 15 is 0 Å². The number of nitrogens with one attached hydrogen (secondary N) is 4.